The molecule has 2 unspecified atom stereocenters. The van der Waals surface area contributed by atoms with Crippen molar-refractivity contribution in [2.75, 3.05) is 42.0 Å². The van der Waals surface area contributed by atoms with Gasteiger partial charge in [-0.05, 0) is 86.3 Å². The van der Waals surface area contributed by atoms with Gasteiger partial charge in [0.15, 0.2) is 0 Å². The fourth-order valence-electron chi connectivity index (χ4n) is 5.91. The molecule has 5 rings (SSSR count). The van der Waals surface area contributed by atoms with E-state index in [9.17, 15) is 5.11 Å². The number of aromatic nitrogens is 2. The number of methoxy groups -OCH3 is 3. The van der Waals surface area contributed by atoms with Gasteiger partial charge in [-0.3, -0.25) is 0 Å². The summed E-state index contributed by atoms with van der Waals surface area (Å²) >= 11 is 3.62. The van der Waals surface area contributed by atoms with Crippen molar-refractivity contribution in [3.8, 4) is 17.6 Å². The summed E-state index contributed by atoms with van der Waals surface area (Å²) in [6.45, 7) is 0.643. The zero-order valence-electron chi connectivity index (χ0n) is 23.7. The van der Waals surface area contributed by atoms with Gasteiger partial charge in [-0.25, -0.2) is 4.98 Å². The maximum Gasteiger partial charge on any atom is 0.217 e. The lowest BCUT2D eigenvalue weighted by Gasteiger charge is -2.39. The van der Waals surface area contributed by atoms with Crippen molar-refractivity contribution >= 4 is 26.8 Å². The first kappa shape index (κ1) is 28.3. The van der Waals surface area contributed by atoms with E-state index < -0.39 is 11.5 Å². The van der Waals surface area contributed by atoms with Gasteiger partial charge in [0, 0.05) is 40.0 Å². The Morgan fingerprint density at radius 3 is 2.35 bits per heavy atom. The Hall–Kier alpha value is -3.20. The van der Waals surface area contributed by atoms with Crippen LogP contribution in [0.4, 0.5) is 0 Å². The van der Waals surface area contributed by atoms with Gasteiger partial charge >= 0.3 is 0 Å². The molecular formula is C32H36BrN3O4. The summed E-state index contributed by atoms with van der Waals surface area (Å²) in [7, 11) is 8.80. The average Bonchev–Trinajstić information content (AvgIpc) is 3.45. The molecule has 2 atom stereocenters. The van der Waals surface area contributed by atoms with E-state index in [1.165, 1.54) is 11.1 Å². The van der Waals surface area contributed by atoms with E-state index in [0.29, 0.717) is 36.2 Å². The fraction of sp³-hybridized carbons (Fsp3) is 0.375. The Balaban J connectivity index is 1.85. The van der Waals surface area contributed by atoms with Crippen molar-refractivity contribution in [3.05, 3.63) is 86.9 Å². The molecular weight excluding hydrogens is 570 g/mol. The Morgan fingerprint density at radius 2 is 1.68 bits per heavy atom. The molecule has 0 aliphatic heterocycles. The highest BCUT2D eigenvalue weighted by Crippen LogP contribution is 2.50. The number of pyridine rings is 2. The Labute approximate surface area is 244 Å². The normalized spacial score (nSPS) is 15.1. The first-order valence-corrected chi connectivity index (χ1v) is 14.3. The molecule has 2 heterocycles. The van der Waals surface area contributed by atoms with Crippen molar-refractivity contribution in [3.63, 3.8) is 0 Å². The second kappa shape index (κ2) is 11.7. The van der Waals surface area contributed by atoms with E-state index >= 15 is 0 Å². The van der Waals surface area contributed by atoms with Crippen molar-refractivity contribution < 1.29 is 19.3 Å². The standard InChI is InChI=1S/C32H36BrN3O4/c1-36(2)15-14-32(37,22-18-28(38-3)35-29(19-22)39-4)30(25-11-7-9-20-8-6-10-24(20)25)26-17-21-16-23(33)12-13-27(21)34-31(26)40-5/h7,9,11-13,16-19,30,37H,6,8,10,14-15H2,1-5H3. The van der Waals surface area contributed by atoms with Crippen molar-refractivity contribution in [1.82, 2.24) is 14.9 Å². The molecule has 1 aliphatic rings. The monoisotopic (exact) mass is 605 g/mol. The van der Waals surface area contributed by atoms with Gasteiger partial charge in [-0.2, -0.15) is 4.98 Å². The average molecular weight is 607 g/mol. The summed E-state index contributed by atoms with van der Waals surface area (Å²) in [5, 5.41) is 14.1. The molecule has 1 N–H and O–H groups in total. The lowest BCUT2D eigenvalue weighted by molar-refractivity contribution is 0.00311. The van der Waals surface area contributed by atoms with Gasteiger partial charge in [0.2, 0.25) is 17.6 Å². The summed E-state index contributed by atoms with van der Waals surface area (Å²) in [4.78, 5) is 11.4. The van der Waals surface area contributed by atoms with E-state index in [0.717, 1.165) is 45.8 Å². The number of fused-ring (bicyclic) bond motifs is 2. The van der Waals surface area contributed by atoms with E-state index in [4.69, 9.17) is 19.2 Å². The minimum Gasteiger partial charge on any atom is -0.481 e. The van der Waals surface area contributed by atoms with Crippen molar-refractivity contribution in [2.45, 2.75) is 37.2 Å². The van der Waals surface area contributed by atoms with Crippen LogP contribution < -0.4 is 14.2 Å². The van der Waals surface area contributed by atoms with Crippen LogP contribution in [-0.4, -0.2) is 61.9 Å². The maximum absolute atomic E-state index is 13.2. The van der Waals surface area contributed by atoms with E-state index in [2.05, 4.69) is 56.1 Å². The van der Waals surface area contributed by atoms with Gasteiger partial charge in [-0.1, -0.05) is 34.1 Å². The van der Waals surface area contributed by atoms with Gasteiger partial charge in [0.05, 0.1) is 26.8 Å². The second-order valence-corrected chi connectivity index (χ2v) is 11.5. The van der Waals surface area contributed by atoms with E-state index in [1.807, 2.05) is 38.4 Å². The summed E-state index contributed by atoms with van der Waals surface area (Å²) in [6.07, 6.45) is 3.52. The Morgan fingerprint density at radius 1 is 0.925 bits per heavy atom. The first-order valence-electron chi connectivity index (χ1n) is 13.5. The molecule has 0 spiro atoms. The van der Waals surface area contributed by atoms with Crippen LogP contribution in [0.3, 0.4) is 0 Å². The zero-order chi connectivity index (χ0) is 28.4. The quantitative estimate of drug-likeness (QED) is 0.242. The minimum atomic E-state index is -1.39. The van der Waals surface area contributed by atoms with Crippen LogP contribution in [0.25, 0.3) is 10.9 Å². The Bertz CT molecular complexity index is 1500. The molecule has 0 fully saturated rings. The highest BCUT2D eigenvalue weighted by Gasteiger charge is 2.44. The largest absolute Gasteiger partial charge is 0.481 e. The Kier molecular flexibility index (Phi) is 8.31. The topological polar surface area (TPSA) is 76.9 Å². The van der Waals surface area contributed by atoms with E-state index in [1.54, 1.807) is 21.3 Å². The third-order valence-electron chi connectivity index (χ3n) is 7.88. The number of aryl methyl sites for hydroxylation is 1. The maximum atomic E-state index is 13.2. The number of nitrogens with zero attached hydrogens (tertiary/aromatic N) is 3. The van der Waals surface area contributed by atoms with Crippen LogP contribution in [0.1, 0.15) is 46.6 Å². The summed E-state index contributed by atoms with van der Waals surface area (Å²) in [5.74, 6) is 0.749. The molecule has 8 heteroatoms. The van der Waals surface area contributed by atoms with Gasteiger partial charge in [0.25, 0.3) is 0 Å². The third kappa shape index (κ3) is 5.40. The SMILES string of the molecule is COc1cc(C(O)(CCN(C)C)C(c2cc3cc(Br)ccc3nc2OC)c2cccc3c2CCC3)cc(OC)n1. The van der Waals surface area contributed by atoms with Gasteiger partial charge < -0.3 is 24.2 Å². The summed E-state index contributed by atoms with van der Waals surface area (Å²) in [6, 6.07) is 18.2. The number of ether oxygens (including phenoxy) is 3. The minimum absolute atomic E-state index is 0.377. The highest BCUT2D eigenvalue weighted by molar-refractivity contribution is 9.10. The predicted octanol–water partition coefficient (Wildman–Crippen LogP) is 5.88. The van der Waals surface area contributed by atoms with E-state index in [-0.39, 0.29) is 0 Å². The number of aliphatic hydroxyl groups is 1. The molecule has 7 nitrogen and oxygen atoms in total. The summed E-state index contributed by atoms with van der Waals surface area (Å²) in [5.41, 5.74) is 4.63. The van der Waals surface area contributed by atoms with Gasteiger partial charge in [0.1, 0.15) is 5.60 Å². The smallest absolute Gasteiger partial charge is 0.217 e. The number of hydrogen-bond donors (Lipinski definition) is 1. The summed E-state index contributed by atoms with van der Waals surface area (Å²) < 4.78 is 18.0. The van der Waals surface area contributed by atoms with Crippen molar-refractivity contribution in [1.29, 1.82) is 0 Å². The number of halogens is 1. The highest BCUT2D eigenvalue weighted by atomic mass is 79.9. The number of benzene rings is 2. The molecule has 210 valence electrons. The molecule has 2 aromatic heterocycles. The number of hydrogen-bond acceptors (Lipinski definition) is 7. The van der Waals surface area contributed by atoms with Crippen LogP contribution in [-0.2, 0) is 18.4 Å². The van der Waals surface area contributed by atoms with Crippen molar-refractivity contribution in [2.24, 2.45) is 0 Å². The molecule has 0 saturated carbocycles. The van der Waals surface area contributed by atoms with Gasteiger partial charge in [-0.15, -0.1) is 0 Å². The fourth-order valence-corrected chi connectivity index (χ4v) is 6.29. The predicted molar refractivity (Wildman–Crippen MR) is 161 cm³/mol. The second-order valence-electron chi connectivity index (χ2n) is 10.6. The third-order valence-corrected chi connectivity index (χ3v) is 8.37. The zero-order valence-corrected chi connectivity index (χ0v) is 25.3. The van der Waals surface area contributed by atoms with Crippen LogP contribution in [0.5, 0.6) is 17.6 Å². The molecule has 2 aromatic carbocycles. The molecule has 0 radical (unpaired) electrons. The molecule has 0 saturated heterocycles. The molecule has 4 aromatic rings. The van der Waals surface area contributed by atoms with Crippen LogP contribution in [0.15, 0.2) is 59.1 Å². The molecule has 1 aliphatic carbocycles. The lowest BCUT2D eigenvalue weighted by atomic mass is 9.70. The molecule has 0 bridgehead atoms. The molecule has 40 heavy (non-hydrogen) atoms. The van der Waals surface area contributed by atoms with Crippen LogP contribution >= 0.6 is 15.9 Å². The van der Waals surface area contributed by atoms with Crippen LogP contribution in [0, 0.1) is 0 Å². The van der Waals surface area contributed by atoms with Crippen LogP contribution in [0.2, 0.25) is 0 Å². The number of rotatable bonds is 10. The molecule has 0 amide bonds. The lowest BCUT2D eigenvalue weighted by Crippen LogP contribution is -2.38. The first-order chi connectivity index (χ1) is 19.3.